The molecule has 0 aromatic carbocycles. The average molecular weight is 1040 g/mol. The lowest BCUT2D eigenvalue weighted by Crippen LogP contribution is -2.44. The smallest absolute Gasteiger partial charge is 0.306 e. The van der Waals surface area contributed by atoms with Gasteiger partial charge in [0.25, 0.3) is 0 Å². The van der Waals surface area contributed by atoms with Crippen molar-refractivity contribution in [3.8, 4) is 0 Å². The highest BCUT2D eigenvalue weighted by Crippen LogP contribution is 2.11. The Bertz CT molecular complexity index is 1830. The lowest BCUT2D eigenvalue weighted by atomic mass is 10.1. The van der Waals surface area contributed by atoms with Crippen molar-refractivity contribution in [1.29, 1.82) is 0 Å². The highest BCUT2D eigenvalue weighted by atomic mass is 16.7. The molecule has 0 spiro atoms. The third-order valence-corrected chi connectivity index (χ3v) is 11.0. The third kappa shape index (κ3) is 56.2. The Labute approximate surface area is 457 Å². The minimum Gasteiger partial charge on any atom is -0.545 e. The molecule has 2 atom stereocenters. The first-order valence-corrected chi connectivity index (χ1v) is 28.3. The normalized spacial score (nSPS) is 14.1. The Hall–Kier alpha value is -5.35. The number of aliphatic carboxylic acids is 1. The predicted molar refractivity (Wildman–Crippen MR) is 315 cm³/mol. The summed E-state index contributed by atoms with van der Waals surface area (Å²) in [5.41, 5.74) is 0. The second-order valence-electron chi connectivity index (χ2n) is 19.1. The molecule has 0 fully saturated rings. The van der Waals surface area contributed by atoms with Crippen LogP contribution in [-0.2, 0) is 33.3 Å². The molecule has 0 aliphatic rings. The molecule has 0 aliphatic carbocycles. The highest BCUT2D eigenvalue weighted by Gasteiger charge is 2.21. The molecule has 9 nitrogen and oxygen atoms in total. The lowest BCUT2D eigenvalue weighted by molar-refractivity contribution is -0.870. The van der Waals surface area contributed by atoms with Crippen molar-refractivity contribution < 1.29 is 42.9 Å². The van der Waals surface area contributed by atoms with Gasteiger partial charge in [-0.25, -0.2) is 0 Å². The van der Waals surface area contributed by atoms with Crippen molar-refractivity contribution in [2.75, 3.05) is 47.5 Å². The van der Waals surface area contributed by atoms with E-state index in [1.807, 2.05) is 21.1 Å². The molecule has 0 bridgehead atoms. The van der Waals surface area contributed by atoms with Crippen LogP contribution in [0.2, 0.25) is 0 Å². The quantitative estimate of drug-likeness (QED) is 0.0195. The van der Waals surface area contributed by atoms with Crippen LogP contribution in [0.15, 0.2) is 170 Å². The Morgan fingerprint density at radius 1 is 0.400 bits per heavy atom. The number of carboxylic acid groups (broad SMARTS) is 1. The minimum atomic E-state index is -1.65. The van der Waals surface area contributed by atoms with Gasteiger partial charge in [-0.05, 0) is 122 Å². The zero-order valence-electron chi connectivity index (χ0n) is 47.3. The summed E-state index contributed by atoms with van der Waals surface area (Å²) >= 11 is 0. The van der Waals surface area contributed by atoms with Crippen LogP contribution < -0.4 is 5.11 Å². The molecule has 0 heterocycles. The van der Waals surface area contributed by atoms with Crippen molar-refractivity contribution in [2.24, 2.45) is 0 Å². The van der Waals surface area contributed by atoms with E-state index in [2.05, 4.69) is 184 Å². The molecule has 0 amide bonds. The Balaban J connectivity index is 4.48. The van der Waals surface area contributed by atoms with Gasteiger partial charge in [-0.3, -0.25) is 9.59 Å². The summed E-state index contributed by atoms with van der Waals surface area (Å²) in [4.78, 5) is 37.3. The van der Waals surface area contributed by atoms with Gasteiger partial charge >= 0.3 is 11.9 Å². The van der Waals surface area contributed by atoms with Gasteiger partial charge in [0.15, 0.2) is 12.4 Å². The summed E-state index contributed by atoms with van der Waals surface area (Å²) in [7, 11) is 5.88. The fourth-order valence-electron chi connectivity index (χ4n) is 6.68. The van der Waals surface area contributed by atoms with E-state index >= 15 is 0 Å². The molecule has 9 heteroatoms. The Morgan fingerprint density at radius 2 is 0.733 bits per heavy atom. The SMILES string of the molecule is CC/C=C\C/C=C\C/C=C\C/C=C\C/C=C\C/C=C\C/C=C\CCCCCCCC(=O)OC(COC(=O)CCC/C=C\C/C=C\C/C=C\C/C=C\C/C=C\C/C=C\C/C=C\CC)COC(OCC[N+](C)(C)C)C(=O)[O-]. The van der Waals surface area contributed by atoms with Gasteiger partial charge in [0, 0.05) is 12.8 Å². The van der Waals surface area contributed by atoms with Gasteiger partial charge in [0.1, 0.15) is 13.2 Å². The maximum Gasteiger partial charge on any atom is 0.306 e. The average Bonchev–Trinajstić information content (AvgIpc) is 3.38. The van der Waals surface area contributed by atoms with Crippen LogP contribution in [0.4, 0.5) is 0 Å². The minimum absolute atomic E-state index is 0.123. The van der Waals surface area contributed by atoms with Gasteiger partial charge in [0.05, 0.1) is 40.3 Å². The zero-order chi connectivity index (χ0) is 54.8. The number of carboxylic acids is 1. The number of nitrogens with zero attached hydrogens (tertiary/aromatic N) is 1. The third-order valence-electron chi connectivity index (χ3n) is 11.0. The molecule has 0 aromatic rings. The maximum absolute atomic E-state index is 12.9. The molecular formula is C66H101NO8. The number of allylic oxidation sites excluding steroid dienone is 28. The van der Waals surface area contributed by atoms with E-state index in [1.54, 1.807) is 0 Å². The van der Waals surface area contributed by atoms with Crippen molar-refractivity contribution in [2.45, 2.75) is 180 Å². The summed E-state index contributed by atoms with van der Waals surface area (Å²) in [6, 6.07) is 0. The molecule has 75 heavy (non-hydrogen) atoms. The van der Waals surface area contributed by atoms with Gasteiger partial charge in [-0.15, -0.1) is 0 Å². The van der Waals surface area contributed by atoms with E-state index in [1.165, 1.54) is 0 Å². The van der Waals surface area contributed by atoms with Crippen LogP contribution in [0.1, 0.15) is 168 Å². The lowest BCUT2D eigenvalue weighted by Gasteiger charge is -2.26. The first-order chi connectivity index (χ1) is 36.6. The molecule has 0 aromatic heterocycles. The number of quaternary nitrogens is 1. The molecule has 0 aliphatic heterocycles. The Morgan fingerprint density at radius 3 is 1.11 bits per heavy atom. The van der Waals surface area contributed by atoms with Gasteiger partial charge in [-0.2, -0.15) is 0 Å². The summed E-state index contributed by atoms with van der Waals surface area (Å²) < 4.78 is 22.6. The number of likely N-dealkylation sites (N-methyl/N-ethyl adjacent to an activating group) is 1. The topological polar surface area (TPSA) is 111 Å². The van der Waals surface area contributed by atoms with E-state index in [4.69, 9.17) is 18.9 Å². The first kappa shape index (κ1) is 69.7. The number of ether oxygens (including phenoxy) is 4. The van der Waals surface area contributed by atoms with Gasteiger partial charge < -0.3 is 33.3 Å². The molecular weight excluding hydrogens is 935 g/mol. The van der Waals surface area contributed by atoms with Crippen LogP contribution >= 0.6 is 0 Å². The van der Waals surface area contributed by atoms with Crippen molar-refractivity contribution in [3.05, 3.63) is 170 Å². The second kappa shape index (κ2) is 54.9. The first-order valence-electron chi connectivity index (χ1n) is 28.3. The number of rotatable bonds is 49. The van der Waals surface area contributed by atoms with E-state index in [-0.39, 0.29) is 32.7 Å². The number of unbranched alkanes of at least 4 members (excludes halogenated alkanes) is 6. The number of hydrogen-bond donors (Lipinski definition) is 0. The van der Waals surface area contributed by atoms with Gasteiger partial charge in [0.2, 0.25) is 0 Å². The summed E-state index contributed by atoms with van der Waals surface area (Å²) in [5.74, 6) is -2.42. The van der Waals surface area contributed by atoms with Crippen LogP contribution in [0.3, 0.4) is 0 Å². The van der Waals surface area contributed by atoms with E-state index in [0.29, 0.717) is 23.9 Å². The van der Waals surface area contributed by atoms with Crippen LogP contribution in [0.5, 0.6) is 0 Å². The second-order valence-corrected chi connectivity index (χ2v) is 19.1. The summed E-state index contributed by atoms with van der Waals surface area (Å²) in [5, 5.41) is 11.8. The van der Waals surface area contributed by atoms with Crippen LogP contribution in [0.25, 0.3) is 0 Å². The number of carbonyl (C=O) groups is 3. The van der Waals surface area contributed by atoms with Crippen molar-refractivity contribution >= 4 is 17.9 Å². The molecule has 0 N–H and O–H groups in total. The van der Waals surface area contributed by atoms with Crippen LogP contribution in [-0.4, -0.2) is 82.3 Å². The fourth-order valence-corrected chi connectivity index (χ4v) is 6.68. The Kier molecular flexibility index (Phi) is 51.0. The van der Waals surface area contributed by atoms with E-state index < -0.39 is 30.3 Å². The monoisotopic (exact) mass is 1040 g/mol. The highest BCUT2D eigenvalue weighted by molar-refractivity contribution is 5.70. The van der Waals surface area contributed by atoms with E-state index in [9.17, 15) is 19.5 Å². The predicted octanol–water partition coefficient (Wildman–Crippen LogP) is 15.4. The molecule has 0 rings (SSSR count). The number of esters is 2. The summed E-state index contributed by atoms with van der Waals surface area (Å²) in [6.07, 6.45) is 79.7. The molecule has 418 valence electrons. The number of carbonyl (C=O) groups excluding carboxylic acids is 3. The fraction of sp³-hybridized carbons (Fsp3) is 0.530. The van der Waals surface area contributed by atoms with Gasteiger partial charge in [-0.1, -0.05) is 203 Å². The maximum atomic E-state index is 12.9. The van der Waals surface area contributed by atoms with Crippen molar-refractivity contribution in [3.63, 3.8) is 0 Å². The zero-order valence-corrected chi connectivity index (χ0v) is 47.3. The molecule has 0 radical (unpaired) electrons. The van der Waals surface area contributed by atoms with Crippen LogP contribution in [0, 0.1) is 0 Å². The van der Waals surface area contributed by atoms with Crippen molar-refractivity contribution in [1.82, 2.24) is 0 Å². The standard InChI is InChI=1S/C66H101NO8/c1-6-8-10-12-14-16-18-20-22-24-26-28-30-31-32-33-35-37-39-41-43-45-47-49-51-53-55-57-64(69)75-62(61-74-66(65(70)71)72-59-58-67(3,4)5)60-73-63(68)56-54-52-50-48-46-44-42-40-38-36-34-29-27-25-23-21-19-17-15-13-11-9-7-2/h8-11,14-17,20-23,26-29,31-32,35-38,41-44,48,50,62,66H,6-7,12-13,18-19,24-25,30,33-34,39-40,45-47,49,51-61H2,1-5H3/b10-8-,11-9-,16-14-,17-15-,22-20-,23-21-,28-26-,29-27-,32-31-,37-35-,38-36-,43-41-,44-42-,50-48-. The molecule has 2 unspecified atom stereocenters. The molecule has 0 saturated carbocycles. The largest absolute Gasteiger partial charge is 0.545 e. The summed E-state index contributed by atoms with van der Waals surface area (Å²) in [6.45, 7) is 4.39. The van der Waals surface area contributed by atoms with E-state index in [0.717, 1.165) is 128 Å². The number of hydrogen-bond acceptors (Lipinski definition) is 8. The molecule has 0 saturated heterocycles.